The van der Waals surface area contributed by atoms with Crippen LogP contribution >= 0.6 is 23.6 Å². The molecule has 1 aromatic carbocycles. The molecule has 172 valence electrons. The van der Waals surface area contributed by atoms with E-state index >= 15 is 0 Å². The highest BCUT2D eigenvalue weighted by molar-refractivity contribution is 7.80. The van der Waals surface area contributed by atoms with Gasteiger partial charge in [0.1, 0.15) is 10.8 Å². The van der Waals surface area contributed by atoms with E-state index in [0.717, 1.165) is 67.4 Å². The van der Waals surface area contributed by atoms with Gasteiger partial charge in [0.2, 0.25) is 0 Å². The lowest BCUT2D eigenvalue weighted by molar-refractivity contribution is 0.0601. The van der Waals surface area contributed by atoms with Crippen LogP contribution in [-0.2, 0) is 17.6 Å². The quantitative estimate of drug-likeness (QED) is 0.509. The van der Waals surface area contributed by atoms with Gasteiger partial charge in [-0.15, -0.1) is 11.3 Å². The highest BCUT2D eigenvalue weighted by Crippen LogP contribution is 2.37. The molecular formula is C24H31N3O3S2. The smallest absolute Gasteiger partial charge is 0.341 e. The van der Waals surface area contributed by atoms with Crippen LogP contribution in [0.4, 0.5) is 10.7 Å². The summed E-state index contributed by atoms with van der Waals surface area (Å²) in [7, 11) is 3.14. The number of nitrogens with zero attached hydrogens (tertiary/aromatic N) is 2. The summed E-state index contributed by atoms with van der Waals surface area (Å²) in [6, 6.07) is 8.15. The number of aryl methyl sites for hydroxylation is 1. The van der Waals surface area contributed by atoms with Crippen molar-refractivity contribution in [1.82, 2.24) is 4.90 Å². The minimum Gasteiger partial charge on any atom is -0.497 e. The zero-order valence-electron chi connectivity index (χ0n) is 18.8. The van der Waals surface area contributed by atoms with E-state index in [1.807, 2.05) is 12.1 Å². The number of esters is 1. The summed E-state index contributed by atoms with van der Waals surface area (Å²) in [5.74, 6) is 0.599. The van der Waals surface area contributed by atoms with Crippen molar-refractivity contribution in [2.24, 2.45) is 0 Å². The molecule has 1 fully saturated rings. The van der Waals surface area contributed by atoms with Crippen LogP contribution in [0.1, 0.15) is 46.5 Å². The van der Waals surface area contributed by atoms with Crippen molar-refractivity contribution >= 4 is 45.3 Å². The van der Waals surface area contributed by atoms with Crippen molar-refractivity contribution in [3.63, 3.8) is 0 Å². The van der Waals surface area contributed by atoms with Gasteiger partial charge in [0.25, 0.3) is 0 Å². The molecule has 0 radical (unpaired) electrons. The Kier molecular flexibility index (Phi) is 7.52. The molecule has 4 rings (SSSR count). The second-order valence-corrected chi connectivity index (χ2v) is 9.71. The molecule has 32 heavy (non-hydrogen) atoms. The van der Waals surface area contributed by atoms with Gasteiger partial charge in [-0.25, -0.2) is 4.79 Å². The number of anilines is 2. The number of benzene rings is 1. The molecule has 2 heterocycles. The number of thiophene rings is 1. The number of ether oxygens (including phenoxy) is 2. The Hall–Kier alpha value is -2.32. The first-order valence-electron chi connectivity index (χ1n) is 11.3. The van der Waals surface area contributed by atoms with Gasteiger partial charge < -0.3 is 24.6 Å². The molecule has 1 aliphatic carbocycles. The highest BCUT2D eigenvalue weighted by Gasteiger charge is 2.27. The third-order valence-electron chi connectivity index (χ3n) is 6.27. The lowest BCUT2D eigenvalue weighted by Crippen LogP contribution is -2.50. The van der Waals surface area contributed by atoms with E-state index in [1.54, 1.807) is 18.4 Å². The molecule has 8 heteroatoms. The largest absolute Gasteiger partial charge is 0.497 e. The lowest BCUT2D eigenvalue weighted by Gasteiger charge is -2.37. The summed E-state index contributed by atoms with van der Waals surface area (Å²) >= 11 is 7.43. The second-order valence-electron chi connectivity index (χ2n) is 8.22. The molecule has 0 amide bonds. The predicted molar refractivity (Wildman–Crippen MR) is 135 cm³/mol. The lowest BCUT2D eigenvalue weighted by atomic mass is 9.96. The number of piperazine rings is 1. The molecule has 0 saturated carbocycles. The van der Waals surface area contributed by atoms with Crippen LogP contribution in [0.25, 0.3) is 0 Å². The number of hydrogen-bond donors (Lipinski definition) is 1. The molecule has 1 N–H and O–H groups in total. The summed E-state index contributed by atoms with van der Waals surface area (Å²) in [6.07, 6.45) is 6.72. The Morgan fingerprint density at radius 3 is 2.53 bits per heavy atom. The fourth-order valence-corrected chi connectivity index (χ4v) is 6.10. The monoisotopic (exact) mass is 473 g/mol. The first kappa shape index (κ1) is 22.9. The van der Waals surface area contributed by atoms with Crippen LogP contribution < -0.4 is 15.0 Å². The number of thiocarbonyl (C=S) groups is 1. The number of rotatable bonds is 4. The van der Waals surface area contributed by atoms with Crippen LogP contribution in [0.15, 0.2) is 24.3 Å². The normalized spacial score (nSPS) is 16.6. The van der Waals surface area contributed by atoms with Crippen molar-refractivity contribution in [2.75, 3.05) is 50.6 Å². The summed E-state index contributed by atoms with van der Waals surface area (Å²) in [5.41, 5.74) is 3.01. The Balaban J connectivity index is 1.45. The SMILES string of the molecule is COC(=O)c1c(NC(=S)N2CCN(c3cccc(OC)c3)CC2)sc2c1CCCCCC2. The fraction of sp³-hybridized carbons (Fsp3) is 0.500. The predicted octanol–water partition coefficient (Wildman–Crippen LogP) is 4.72. The van der Waals surface area contributed by atoms with E-state index in [-0.39, 0.29) is 5.97 Å². The maximum Gasteiger partial charge on any atom is 0.341 e. The zero-order valence-corrected chi connectivity index (χ0v) is 20.4. The number of hydrogen-bond acceptors (Lipinski definition) is 6. The Morgan fingerprint density at radius 2 is 1.81 bits per heavy atom. The molecule has 0 atom stereocenters. The zero-order chi connectivity index (χ0) is 22.5. The van der Waals surface area contributed by atoms with E-state index in [2.05, 4.69) is 27.2 Å². The van der Waals surface area contributed by atoms with Crippen LogP contribution in [0, 0.1) is 0 Å². The topological polar surface area (TPSA) is 54.0 Å². The molecule has 1 aromatic heterocycles. The van der Waals surface area contributed by atoms with Gasteiger partial charge in [-0.2, -0.15) is 0 Å². The highest BCUT2D eigenvalue weighted by atomic mass is 32.1. The number of nitrogens with one attached hydrogen (secondary N) is 1. The van der Waals surface area contributed by atoms with Crippen molar-refractivity contribution in [1.29, 1.82) is 0 Å². The van der Waals surface area contributed by atoms with Crippen molar-refractivity contribution < 1.29 is 14.3 Å². The summed E-state index contributed by atoms with van der Waals surface area (Å²) in [6.45, 7) is 3.39. The molecule has 6 nitrogen and oxygen atoms in total. The minimum atomic E-state index is -0.267. The van der Waals surface area contributed by atoms with Gasteiger partial charge in [0, 0.05) is 42.8 Å². The summed E-state index contributed by atoms with van der Waals surface area (Å²) in [4.78, 5) is 18.5. The molecule has 2 aliphatic rings. The van der Waals surface area contributed by atoms with E-state index in [4.69, 9.17) is 21.7 Å². The van der Waals surface area contributed by atoms with Gasteiger partial charge in [-0.1, -0.05) is 18.9 Å². The number of fused-ring (bicyclic) bond motifs is 1. The molecule has 1 saturated heterocycles. The third-order valence-corrected chi connectivity index (χ3v) is 7.83. The van der Waals surface area contributed by atoms with E-state index in [1.165, 1.54) is 31.2 Å². The summed E-state index contributed by atoms with van der Waals surface area (Å²) in [5, 5.41) is 4.92. The minimum absolute atomic E-state index is 0.267. The molecule has 1 aliphatic heterocycles. The van der Waals surface area contributed by atoms with Crippen molar-refractivity contribution in [3.05, 3.63) is 40.3 Å². The average Bonchev–Trinajstić information content (AvgIpc) is 3.14. The van der Waals surface area contributed by atoms with Gasteiger partial charge in [0.05, 0.1) is 19.8 Å². The molecular weight excluding hydrogens is 442 g/mol. The van der Waals surface area contributed by atoms with E-state index < -0.39 is 0 Å². The fourth-order valence-electron chi connectivity index (χ4n) is 4.48. The number of carbonyl (C=O) groups is 1. The average molecular weight is 474 g/mol. The van der Waals surface area contributed by atoms with Gasteiger partial charge in [0.15, 0.2) is 5.11 Å². The van der Waals surface area contributed by atoms with Crippen molar-refractivity contribution in [3.8, 4) is 5.75 Å². The van der Waals surface area contributed by atoms with E-state index in [9.17, 15) is 4.79 Å². The summed E-state index contributed by atoms with van der Waals surface area (Å²) < 4.78 is 10.5. The van der Waals surface area contributed by atoms with Gasteiger partial charge >= 0.3 is 5.97 Å². The van der Waals surface area contributed by atoms with Crippen LogP contribution in [0.2, 0.25) is 0 Å². The molecule has 2 aromatic rings. The first-order valence-corrected chi connectivity index (χ1v) is 12.5. The third kappa shape index (κ3) is 5.02. The van der Waals surface area contributed by atoms with Gasteiger partial charge in [-0.3, -0.25) is 0 Å². The second kappa shape index (κ2) is 10.5. The standard InChI is InChI=1S/C24H31N3O3S2/c1-29-18-9-7-8-17(16-18)26-12-14-27(15-13-26)24(31)25-22-21(23(28)30-2)19-10-5-3-4-6-11-20(19)32-22/h7-9,16H,3-6,10-15H2,1-2H3,(H,25,31). The Morgan fingerprint density at radius 1 is 1.06 bits per heavy atom. The Bertz CT molecular complexity index is 967. The van der Waals surface area contributed by atoms with Gasteiger partial charge in [-0.05, 0) is 55.6 Å². The first-order chi connectivity index (χ1) is 15.6. The number of carbonyl (C=O) groups excluding carboxylic acids is 1. The van der Waals surface area contributed by atoms with Crippen LogP contribution in [-0.4, -0.2) is 56.4 Å². The maximum absolute atomic E-state index is 12.6. The maximum atomic E-state index is 12.6. The molecule has 0 unspecified atom stereocenters. The van der Waals surface area contributed by atoms with Crippen LogP contribution in [0.3, 0.4) is 0 Å². The Labute approximate surface area is 199 Å². The van der Waals surface area contributed by atoms with Crippen molar-refractivity contribution in [2.45, 2.75) is 38.5 Å². The molecule has 0 spiro atoms. The van der Waals surface area contributed by atoms with E-state index in [0.29, 0.717) is 10.7 Å². The number of methoxy groups -OCH3 is 2. The molecule has 0 bridgehead atoms. The van der Waals surface area contributed by atoms with Crippen LogP contribution in [0.5, 0.6) is 5.75 Å².